The maximum atomic E-state index is 13.6. The van der Waals surface area contributed by atoms with E-state index in [2.05, 4.69) is 0 Å². The summed E-state index contributed by atoms with van der Waals surface area (Å²) in [4.78, 5) is 11.7. The molecule has 3 atom stereocenters. The van der Waals surface area contributed by atoms with Gasteiger partial charge in [-0.25, -0.2) is 8.78 Å². The fraction of sp³-hybridized carbons (Fsp3) is 0.417. The zero-order valence-electron chi connectivity index (χ0n) is 8.54. The molecule has 0 bridgehead atoms. The summed E-state index contributed by atoms with van der Waals surface area (Å²) in [6.07, 6.45) is 0.762. The number of Topliss-reactive ketones (excluding diaryl/α,β-unsaturated/α-hetero) is 1. The lowest BCUT2D eigenvalue weighted by molar-refractivity contribution is -0.120. The third kappa shape index (κ3) is 1.29. The van der Waals surface area contributed by atoms with E-state index in [0.29, 0.717) is 11.1 Å². The Morgan fingerprint density at radius 1 is 1.31 bits per heavy atom. The molecule has 1 aromatic carbocycles. The summed E-state index contributed by atoms with van der Waals surface area (Å²) in [6, 6.07) is 1.66. The van der Waals surface area contributed by atoms with Crippen molar-refractivity contribution in [2.45, 2.75) is 24.8 Å². The van der Waals surface area contributed by atoms with E-state index in [1.54, 1.807) is 0 Å². The van der Waals surface area contributed by atoms with Crippen molar-refractivity contribution in [1.82, 2.24) is 0 Å². The molecule has 0 heterocycles. The molecule has 2 N–H and O–H groups in total. The SMILES string of the molecule is N[C@@H]1C(=O)Cc2c(F)cc(F)cc2[C@@H]2CC12. The predicted octanol–water partition coefficient (Wildman–Crippen LogP) is 1.52. The number of fused-ring (bicyclic) bond motifs is 3. The van der Waals surface area contributed by atoms with E-state index >= 15 is 0 Å². The van der Waals surface area contributed by atoms with Crippen molar-refractivity contribution >= 4 is 5.78 Å². The van der Waals surface area contributed by atoms with Crippen LogP contribution in [0.3, 0.4) is 0 Å². The first-order valence-electron chi connectivity index (χ1n) is 5.34. The Bertz CT molecular complexity index is 486. The molecular weight excluding hydrogens is 212 g/mol. The quantitative estimate of drug-likeness (QED) is 0.724. The van der Waals surface area contributed by atoms with Gasteiger partial charge in [-0.05, 0) is 35.4 Å². The van der Waals surface area contributed by atoms with E-state index in [4.69, 9.17) is 5.73 Å². The highest BCUT2D eigenvalue weighted by atomic mass is 19.1. The molecule has 1 fully saturated rings. The average molecular weight is 223 g/mol. The molecule has 0 aromatic heterocycles. The van der Waals surface area contributed by atoms with Crippen LogP contribution in [0.15, 0.2) is 12.1 Å². The van der Waals surface area contributed by atoms with Crippen molar-refractivity contribution in [3.63, 3.8) is 0 Å². The minimum Gasteiger partial charge on any atom is -0.321 e. The average Bonchev–Trinajstić information content (AvgIpc) is 2.99. The van der Waals surface area contributed by atoms with Crippen LogP contribution in [-0.4, -0.2) is 11.8 Å². The Kier molecular flexibility index (Phi) is 1.92. The fourth-order valence-electron chi connectivity index (χ4n) is 2.64. The van der Waals surface area contributed by atoms with E-state index in [9.17, 15) is 13.6 Å². The zero-order chi connectivity index (χ0) is 11.4. The molecule has 0 spiro atoms. The van der Waals surface area contributed by atoms with Crippen LogP contribution < -0.4 is 5.73 Å². The van der Waals surface area contributed by atoms with Gasteiger partial charge in [0.05, 0.1) is 6.04 Å². The molecule has 1 aromatic rings. The normalized spacial score (nSPS) is 31.7. The molecule has 0 amide bonds. The molecule has 3 rings (SSSR count). The first-order valence-corrected chi connectivity index (χ1v) is 5.34. The summed E-state index contributed by atoms with van der Waals surface area (Å²) in [7, 11) is 0. The maximum Gasteiger partial charge on any atom is 0.154 e. The van der Waals surface area contributed by atoms with E-state index in [0.717, 1.165) is 12.5 Å². The zero-order valence-corrected chi connectivity index (χ0v) is 8.54. The highest BCUT2D eigenvalue weighted by Gasteiger charge is 2.48. The van der Waals surface area contributed by atoms with Gasteiger partial charge in [0.15, 0.2) is 5.78 Å². The molecule has 84 valence electrons. The number of rotatable bonds is 0. The third-order valence-corrected chi connectivity index (χ3v) is 3.62. The van der Waals surface area contributed by atoms with Crippen molar-refractivity contribution in [3.05, 3.63) is 34.9 Å². The van der Waals surface area contributed by atoms with Crippen molar-refractivity contribution in [3.8, 4) is 0 Å². The molecule has 1 unspecified atom stereocenters. The van der Waals surface area contributed by atoms with Gasteiger partial charge in [0, 0.05) is 12.5 Å². The molecule has 1 saturated carbocycles. The molecule has 0 radical (unpaired) electrons. The van der Waals surface area contributed by atoms with Gasteiger partial charge in [0.25, 0.3) is 0 Å². The smallest absolute Gasteiger partial charge is 0.154 e. The van der Waals surface area contributed by atoms with Gasteiger partial charge in [-0.3, -0.25) is 4.79 Å². The summed E-state index contributed by atoms with van der Waals surface area (Å²) in [6.45, 7) is 0. The standard InChI is InChI=1S/C12H11F2NO/c13-5-1-6-7-3-9(7)12(15)11(16)4-8(6)10(14)2-5/h1-2,7,9,12H,3-4,15H2/t7-,9?,12-/m0/s1. The van der Waals surface area contributed by atoms with Crippen molar-refractivity contribution in [2.24, 2.45) is 11.7 Å². The van der Waals surface area contributed by atoms with Gasteiger partial charge in [-0.2, -0.15) is 0 Å². The van der Waals surface area contributed by atoms with Gasteiger partial charge in [0.1, 0.15) is 11.6 Å². The summed E-state index contributed by atoms with van der Waals surface area (Å²) >= 11 is 0. The highest BCUT2D eigenvalue weighted by Crippen LogP contribution is 2.52. The van der Waals surface area contributed by atoms with Crippen molar-refractivity contribution < 1.29 is 13.6 Å². The van der Waals surface area contributed by atoms with Gasteiger partial charge >= 0.3 is 0 Å². The van der Waals surface area contributed by atoms with E-state index in [1.165, 1.54) is 6.07 Å². The molecule has 2 aliphatic rings. The lowest BCUT2D eigenvalue weighted by Gasteiger charge is -2.08. The molecule has 2 nitrogen and oxygen atoms in total. The van der Waals surface area contributed by atoms with Crippen LogP contribution in [0.2, 0.25) is 0 Å². The number of carbonyl (C=O) groups excluding carboxylic acids is 1. The van der Waals surface area contributed by atoms with E-state index in [1.807, 2.05) is 0 Å². The van der Waals surface area contributed by atoms with Gasteiger partial charge in [-0.15, -0.1) is 0 Å². The van der Waals surface area contributed by atoms with Gasteiger partial charge in [0.2, 0.25) is 0 Å². The molecule has 2 aliphatic carbocycles. The molecule has 4 heteroatoms. The largest absolute Gasteiger partial charge is 0.321 e. The van der Waals surface area contributed by atoms with Crippen LogP contribution in [0.4, 0.5) is 8.78 Å². The Labute approximate surface area is 91.4 Å². The van der Waals surface area contributed by atoms with Crippen LogP contribution in [0.1, 0.15) is 23.5 Å². The second-order valence-electron chi connectivity index (χ2n) is 4.63. The topological polar surface area (TPSA) is 43.1 Å². The Morgan fingerprint density at radius 2 is 2.06 bits per heavy atom. The fourth-order valence-corrected chi connectivity index (χ4v) is 2.64. The van der Waals surface area contributed by atoms with E-state index < -0.39 is 17.7 Å². The first-order chi connectivity index (χ1) is 7.58. The summed E-state index contributed by atoms with van der Waals surface area (Å²) < 4.78 is 26.7. The monoisotopic (exact) mass is 223 g/mol. The summed E-state index contributed by atoms with van der Waals surface area (Å²) in [5.41, 5.74) is 6.75. The highest BCUT2D eigenvalue weighted by molar-refractivity contribution is 5.88. The number of benzene rings is 1. The lowest BCUT2D eigenvalue weighted by atomic mass is 9.99. The molecule has 0 saturated heterocycles. The lowest BCUT2D eigenvalue weighted by Crippen LogP contribution is -2.33. The maximum absolute atomic E-state index is 13.6. The number of hydrogen-bond acceptors (Lipinski definition) is 2. The Balaban J connectivity index is 2.15. The molecule has 0 aliphatic heterocycles. The van der Waals surface area contributed by atoms with E-state index in [-0.39, 0.29) is 24.0 Å². The number of carbonyl (C=O) groups is 1. The van der Waals surface area contributed by atoms with Crippen LogP contribution in [0.5, 0.6) is 0 Å². The minimum absolute atomic E-state index is 0.00435. The Hall–Kier alpha value is -1.29. The van der Waals surface area contributed by atoms with Crippen molar-refractivity contribution in [1.29, 1.82) is 0 Å². The third-order valence-electron chi connectivity index (χ3n) is 3.62. The van der Waals surface area contributed by atoms with Crippen molar-refractivity contribution in [2.75, 3.05) is 0 Å². The minimum atomic E-state index is -0.622. The molecular formula is C12H11F2NO. The second kappa shape index (κ2) is 3.10. The predicted molar refractivity (Wildman–Crippen MR) is 53.9 cm³/mol. The second-order valence-corrected chi connectivity index (χ2v) is 4.63. The Morgan fingerprint density at radius 3 is 2.81 bits per heavy atom. The summed E-state index contributed by atoms with van der Waals surface area (Å²) in [5, 5.41) is 0. The summed E-state index contributed by atoms with van der Waals surface area (Å²) in [5.74, 6) is -1.19. The molecule has 16 heavy (non-hydrogen) atoms. The van der Waals surface area contributed by atoms with Gasteiger partial charge in [-0.1, -0.05) is 0 Å². The van der Waals surface area contributed by atoms with Crippen LogP contribution in [0.25, 0.3) is 0 Å². The van der Waals surface area contributed by atoms with Crippen LogP contribution in [0, 0.1) is 17.6 Å². The van der Waals surface area contributed by atoms with Gasteiger partial charge < -0.3 is 5.73 Å². The number of hydrogen-bond donors (Lipinski definition) is 1. The van der Waals surface area contributed by atoms with Crippen LogP contribution in [-0.2, 0) is 11.2 Å². The number of nitrogens with two attached hydrogens (primary N) is 1. The number of ketones is 1. The van der Waals surface area contributed by atoms with Crippen LogP contribution >= 0.6 is 0 Å². The first kappa shape index (κ1) is 9.90. The number of halogens is 2.